The van der Waals surface area contributed by atoms with Crippen molar-refractivity contribution < 1.29 is 9.59 Å². The molecule has 2 aromatic heterocycles. The van der Waals surface area contributed by atoms with E-state index in [2.05, 4.69) is 21.2 Å². The van der Waals surface area contributed by atoms with Crippen molar-refractivity contribution in [1.29, 1.82) is 0 Å². The number of thiophene rings is 1. The summed E-state index contributed by atoms with van der Waals surface area (Å²) >= 11 is 3.00. The van der Waals surface area contributed by atoms with Crippen LogP contribution in [0.15, 0.2) is 46.9 Å². The van der Waals surface area contributed by atoms with E-state index in [4.69, 9.17) is 0 Å². The molecule has 1 N–H and O–H groups in total. The molecule has 1 fully saturated rings. The number of Topliss-reactive ketones (excluding diaryl/α,β-unsaturated/α-hetero) is 1. The summed E-state index contributed by atoms with van der Waals surface area (Å²) in [6, 6.07) is 11.3. The van der Waals surface area contributed by atoms with Crippen LogP contribution in [-0.2, 0) is 11.2 Å². The second-order valence-corrected chi connectivity index (χ2v) is 8.20. The maximum Gasteiger partial charge on any atom is 0.227 e. The lowest BCUT2D eigenvalue weighted by atomic mass is 10.1. The highest BCUT2D eigenvalue weighted by Gasteiger charge is 2.21. The average molecular weight is 399 g/mol. The van der Waals surface area contributed by atoms with Crippen molar-refractivity contribution >= 4 is 40.5 Å². The predicted molar refractivity (Wildman–Crippen MR) is 107 cm³/mol. The largest absolute Gasteiger partial charge is 0.312 e. The van der Waals surface area contributed by atoms with E-state index in [0.717, 1.165) is 30.9 Å². The number of hydrogen-bond donors (Lipinski definition) is 1. The van der Waals surface area contributed by atoms with Crippen molar-refractivity contribution in [3.8, 4) is 0 Å². The highest BCUT2D eigenvalue weighted by Crippen LogP contribution is 2.23. The fourth-order valence-corrected chi connectivity index (χ4v) is 4.38. The Morgan fingerprint density at radius 2 is 2.11 bits per heavy atom. The molecule has 3 aromatic rings. The van der Waals surface area contributed by atoms with Crippen molar-refractivity contribution in [2.45, 2.75) is 24.4 Å². The number of nitrogens with one attached hydrogen (secondary N) is 1. The monoisotopic (exact) mass is 398 g/mol. The van der Waals surface area contributed by atoms with Crippen molar-refractivity contribution in [3.05, 3.63) is 58.0 Å². The van der Waals surface area contributed by atoms with Crippen molar-refractivity contribution in [3.63, 3.8) is 0 Å². The third kappa shape index (κ3) is 4.28. The molecular formula is C19H18N4O2S2. The summed E-state index contributed by atoms with van der Waals surface area (Å²) < 4.78 is 0. The highest BCUT2D eigenvalue weighted by molar-refractivity contribution is 7.99. The zero-order valence-electron chi connectivity index (χ0n) is 14.6. The van der Waals surface area contributed by atoms with E-state index >= 15 is 0 Å². The number of carbonyl (C=O) groups excluding carboxylic acids is 2. The van der Waals surface area contributed by atoms with Gasteiger partial charge in [0.05, 0.1) is 5.75 Å². The summed E-state index contributed by atoms with van der Waals surface area (Å²) in [6.45, 7) is 0.751. The number of H-pyrrole nitrogens is 1. The predicted octanol–water partition coefficient (Wildman–Crippen LogP) is 3.56. The van der Waals surface area contributed by atoms with Crippen LogP contribution in [-0.4, -0.2) is 39.2 Å². The van der Waals surface area contributed by atoms with Gasteiger partial charge in [0, 0.05) is 35.5 Å². The van der Waals surface area contributed by atoms with Gasteiger partial charge in [-0.15, -0.1) is 16.4 Å². The van der Waals surface area contributed by atoms with Crippen LogP contribution in [0.5, 0.6) is 0 Å². The number of thioether (sulfide) groups is 1. The van der Waals surface area contributed by atoms with Crippen LogP contribution in [0, 0.1) is 0 Å². The van der Waals surface area contributed by atoms with Crippen LogP contribution in [0.1, 0.15) is 33.9 Å². The molecule has 0 unspecified atom stereocenters. The maximum atomic E-state index is 12.4. The van der Waals surface area contributed by atoms with E-state index in [-0.39, 0.29) is 17.4 Å². The lowest BCUT2D eigenvalue weighted by Gasteiger charge is -2.15. The van der Waals surface area contributed by atoms with Gasteiger partial charge >= 0.3 is 0 Å². The third-order valence-electron chi connectivity index (χ3n) is 4.34. The van der Waals surface area contributed by atoms with Crippen LogP contribution in [0.4, 0.5) is 5.69 Å². The van der Waals surface area contributed by atoms with Gasteiger partial charge in [-0.2, -0.15) is 0 Å². The molecule has 1 aliphatic heterocycles. The first-order valence-electron chi connectivity index (χ1n) is 8.69. The fraction of sp³-hybridized carbons (Fsp3) is 0.263. The molecule has 0 atom stereocenters. The number of carbonyl (C=O) groups is 2. The molecule has 1 aliphatic rings. The Kier molecular flexibility index (Phi) is 5.35. The number of amides is 1. The molecule has 1 saturated heterocycles. The Morgan fingerprint density at radius 3 is 2.81 bits per heavy atom. The Labute approximate surface area is 165 Å². The standard InChI is InChI=1S/C19H18N4O2S2/c24-16(13-5-7-14(8-6-13)23-9-1-4-18(23)25)12-27-19-20-17(21-22-19)11-15-3-2-10-26-15/h2-3,5-8,10H,1,4,9,11-12H2,(H,20,21,22). The molecule has 0 bridgehead atoms. The summed E-state index contributed by atoms with van der Waals surface area (Å²) in [5.41, 5.74) is 1.49. The lowest BCUT2D eigenvalue weighted by Crippen LogP contribution is -2.23. The fourth-order valence-electron chi connectivity index (χ4n) is 2.96. The molecule has 0 aliphatic carbocycles. The molecule has 4 rings (SSSR count). The molecule has 0 radical (unpaired) electrons. The summed E-state index contributed by atoms with van der Waals surface area (Å²) in [5, 5.41) is 9.71. The van der Waals surface area contributed by atoms with E-state index in [9.17, 15) is 9.59 Å². The normalized spacial score (nSPS) is 14.1. The van der Waals surface area contributed by atoms with Crippen LogP contribution < -0.4 is 4.90 Å². The Hall–Kier alpha value is -2.45. The molecular weight excluding hydrogens is 380 g/mol. The smallest absolute Gasteiger partial charge is 0.227 e. The number of rotatable bonds is 7. The second-order valence-electron chi connectivity index (χ2n) is 6.23. The van der Waals surface area contributed by atoms with Gasteiger partial charge in [0.2, 0.25) is 11.1 Å². The number of hydrogen-bond acceptors (Lipinski definition) is 6. The molecule has 0 saturated carbocycles. The van der Waals surface area contributed by atoms with E-state index in [0.29, 0.717) is 17.1 Å². The SMILES string of the molecule is O=C(CSc1n[nH]c(Cc2cccs2)n1)c1ccc(N2CCCC2=O)cc1. The molecule has 1 aromatic carbocycles. The molecule has 6 nitrogen and oxygen atoms in total. The Bertz CT molecular complexity index is 935. The summed E-state index contributed by atoms with van der Waals surface area (Å²) in [5.74, 6) is 1.24. The number of nitrogens with zero attached hydrogens (tertiary/aromatic N) is 3. The Morgan fingerprint density at radius 1 is 1.26 bits per heavy atom. The second kappa shape index (κ2) is 8.06. The topological polar surface area (TPSA) is 79.0 Å². The van der Waals surface area contributed by atoms with Gasteiger partial charge in [-0.3, -0.25) is 14.7 Å². The van der Waals surface area contributed by atoms with E-state index in [1.165, 1.54) is 16.6 Å². The summed E-state index contributed by atoms with van der Waals surface area (Å²) in [7, 11) is 0. The minimum atomic E-state index is 0.0175. The first-order valence-corrected chi connectivity index (χ1v) is 10.6. The zero-order valence-corrected chi connectivity index (χ0v) is 16.2. The number of anilines is 1. The molecule has 8 heteroatoms. The van der Waals surface area contributed by atoms with Crippen molar-refractivity contribution in [2.24, 2.45) is 0 Å². The lowest BCUT2D eigenvalue weighted by molar-refractivity contribution is -0.117. The number of benzene rings is 1. The first kappa shape index (κ1) is 17.9. The molecule has 138 valence electrons. The van der Waals surface area contributed by atoms with Gasteiger partial charge in [0.1, 0.15) is 5.82 Å². The number of ketones is 1. The molecule has 0 spiro atoms. The van der Waals surface area contributed by atoms with Gasteiger partial charge in [-0.1, -0.05) is 17.8 Å². The van der Waals surface area contributed by atoms with E-state index < -0.39 is 0 Å². The third-order valence-corrected chi connectivity index (χ3v) is 6.06. The van der Waals surface area contributed by atoms with Gasteiger partial charge in [0.15, 0.2) is 5.78 Å². The number of aromatic nitrogens is 3. The summed E-state index contributed by atoms with van der Waals surface area (Å²) in [6.07, 6.45) is 2.21. The minimum absolute atomic E-state index is 0.0175. The van der Waals surface area contributed by atoms with Crippen molar-refractivity contribution in [1.82, 2.24) is 15.2 Å². The van der Waals surface area contributed by atoms with Gasteiger partial charge in [-0.25, -0.2) is 4.98 Å². The van der Waals surface area contributed by atoms with Gasteiger partial charge < -0.3 is 4.90 Å². The van der Waals surface area contributed by atoms with Crippen LogP contribution in [0.3, 0.4) is 0 Å². The molecule has 1 amide bonds. The van der Waals surface area contributed by atoms with Crippen LogP contribution in [0.2, 0.25) is 0 Å². The summed E-state index contributed by atoms with van der Waals surface area (Å²) in [4.78, 5) is 31.6. The maximum absolute atomic E-state index is 12.4. The van der Waals surface area contributed by atoms with Crippen LogP contribution in [0.25, 0.3) is 0 Å². The first-order chi connectivity index (χ1) is 13.2. The zero-order chi connectivity index (χ0) is 18.6. The number of aromatic amines is 1. The van der Waals surface area contributed by atoms with E-state index in [1.807, 2.05) is 23.6 Å². The van der Waals surface area contributed by atoms with Crippen molar-refractivity contribution in [2.75, 3.05) is 17.2 Å². The average Bonchev–Trinajstić information content (AvgIpc) is 3.43. The molecule has 3 heterocycles. The Balaban J connectivity index is 1.33. The minimum Gasteiger partial charge on any atom is -0.312 e. The quantitative estimate of drug-likeness (QED) is 0.486. The van der Waals surface area contributed by atoms with Crippen LogP contribution >= 0.6 is 23.1 Å². The van der Waals surface area contributed by atoms with E-state index in [1.54, 1.807) is 28.4 Å². The molecule has 27 heavy (non-hydrogen) atoms. The van der Waals surface area contributed by atoms with Gasteiger partial charge in [0.25, 0.3) is 0 Å². The van der Waals surface area contributed by atoms with Gasteiger partial charge in [-0.05, 0) is 42.1 Å². The highest BCUT2D eigenvalue weighted by atomic mass is 32.2.